The highest BCUT2D eigenvalue weighted by atomic mass is 16.5. The summed E-state index contributed by atoms with van der Waals surface area (Å²) in [4.78, 5) is 11.4. The van der Waals surface area contributed by atoms with E-state index < -0.39 is 0 Å². The zero-order valence-corrected chi connectivity index (χ0v) is 8.23. The lowest BCUT2D eigenvalue weighted by Gasteiger charge is -2.12. The van der Waals surface area contributed by atoms with Crippen molar-refractivity contribution in [2.24, 2.45) is 0 Å². The van der Waals surface area contributed by atoms with Crippen LogP contribution in [-0.4, -0.2) is 12.6 Å². The molecule has 0 radical (unpaired) electrons. The minimum atomic E-state index is -0.363. The Morgan fingerprint density at radius 1 is 1.27 bits per heavy atom. The number of rotatable bonds is 2. The van der Waals surface area contributed by atoms with E-state index in [9.17, 15) is 4.79 Å². The third kappa shape index (κ3) is 1.93. The maximum absolute atomic E-state index is 11.4. The lowest BCUT2D eigenvalue weighted by molar-refractivity contribution is 0.0526. The normalized spacial score (nSPS) is 12.3. The lowest BCUT2D eigenvalue weighted by atomic mass is 10.2. The number of carbonyl (C=O) groups excluding carboxylic acids is 1. The van der Waals surface area contributed by atoms with Crippen LogP contribution in [0.5, 0.6) is 11.5 Å². The fourth-order valence-electron chi connectivity index (χ4n) is 1.24. The molecule has 2 rings (SSSR count). The van der Waals surface area contributed by atoms with Crippen molar-refractivity contribution in [2.75, 3.05) is 6.61 Å². The molecule has 1 aliphatic rings. The average molecular weight is 206 g/mol. The maximum Gasteiger partial charge on any atom is 0.338 e. The molecule has 0 bridgehead atoms. The number of esters is 1. The Hall–Kier alpha value is -1.97. The Kier molecular flexibility index (Phi) is 2.58. The van der Waals surface area contributed by atoms with Gasteiger partial charge in [0.2, 0.25) is 0 Å². The zero-order valence-electron chi connectivity index (χ0n) is 8.23. The summed E-state index contributed by atoms with van der Waals surface area (Å²) >= 11 is 0. The summed E-state index contributed by atoms with van der Waals surface area (Å²) in [6.07, 6.45) is 2.85. The molecule has 1 aliphatic heterocycles. The van der Waals surface area contributed by atoms with E-state index in [4.69, 9.17) is 14.2 Å². The molecular weight excluding hydrogens is 196 g/mol. The molecule has 0 saturated carbocycles. The maximum atomic E-state index is 11.4. The molecule has 0 fully saturated rings. The van der Waals surface area contributed by atoms with Crippen molar-refractivity contribution in [2.45, 2.75) is 6.92 Å². The van der Waals surface area contributed by atoms with Crippen LogP contribution in [0.1, 0.15) is 17.3 Å². The molecule has 15 heavy (non-hydrogen) atoms. The first kappa shape index (κ1) is 9.58. The van der Waals surface area contributed by atoms with E-state index in [0.717, 1.165) is 0 Å². The molecule has 0 aromatic heterocycles. The molecule has 0 unspecified atom stereocenters. The van der Waals surface area contributed by atoms with Crippen LogP contribution in [0.3, 0.4) is 0 Å². The molecule has 0 saturated heterocycles. The number of benzene rings is 1. The second-order valence-corrected chi connectivity index (χ2v) is 2.89. The summed E-state index contributed by atoms with van der Waals surface area (Å²) < 4.78 is 15.2. The predicted molar refractivity (Wildman–Crippen MR) is 52.8 cm³/mol. The number of hydrogen-bond acceptors (Lipinski definition) is 4. The SMILES string of the molecule is CCOC(=O)c1ccc2c(c1)OC=CO2. The highest BCUT2D eigenvalue weighted by molar-refractivity contribution is 5.90. The van der Waals surface area contributed by atoms with E-state index in [1.807, 2.05) is 0 Å². The molecule has 4 nitrogen and oxygen atoms in total. The highest BCUT2D eigenvalue weighted by Gasteiger charge is 2.13. The van der Waals surface area contributed by atoms with Crippen molar-refractivity contribution in [3.05, 3.63) is 36.3 Å². The fourth-order valence-corrected chi connectivity index (χ4v) is 1.24. The van der Waals surface area contributed by atoms with Crippen molar-refractivity contribution in [1.29, 1.82) is 0 Å². The Balaban J connectivity index is 2.26. The van der Waals surface area contributed by atoms with Gasteiger partial charge in [-0.1, -0.05) is 0 Å². The Labute approximate surface area is 87.1 Å². The molecule has 0 amide bonds. The van der Waals surface area contributed by atoms with Gasteiger partial charge in [-0.25, -0.2) is 4.79 Å². The van der Waals surface area contributed by atoms with Crippen LogP contribution < -0.4 is 9.47 Å². The smallest absolute Gasteiger partial charge is 0.338 e. The van der Waals surface area contributed by atoms with Crippen LogP contribution in [0.15, 0.2) is 30.7 Å². The summed E-state index contributed by atoms with van der Waals surface area (Å²) in [5, 5.41) is 0. The zero-order chi connectivity index (χ0) is 10.7. The molecule has 1 aromatic rings. The van der Waals surface area contributed by atoms with Gasteiger partial charge >= 0.3 is 5.97 Å². The first-order chi connectivity index (χ1) is 7.31. The number of hydrogen-bond donors (Lipinski definition) is 0. The van der Waals surface area contributed by atoms with E-state index in [1.54, 1.807) is 25.1 Å². The largest absolute Gasteiger partial charge is 0.462 e. The third-order valence-corrected chi connectivity index (χ3v) is 1.90. The van der Waals surface area contributed by atoms with Crippen LogP contribution >= 0.6 is 0 Å². The van der Waals surface area contributed by atoms with Crippen LogP contribution in [0.2, 0.25) is 0 Å². The molecule has 0 atom stereocenters. The molecule has 0 N–H and O–H groups in total. The van der Waals surface area contributed by atoms with Crippen molar-refractivity contribution < 1.29 is 19.0 Å². The summed E-state index contributed by atoms with van der Waals surface area (Å²) in [6.45, 7) is 2.12. The minimum absolute atomic E-state index is 0.354. The van der Waals surface area contributed by atoms with Gasteiger partial charge in [-0.15, -0.1) is 0 Å². The second-order valence-electron chi connectivity index (χ2n) is 2.89. The van der Waals surface area contributed by atoms with Gasteiger partial charge in [0.15, 0.2) is 11.5 Å². The van der Waals surface area contributed by atoms with Crippen LogP contribution in [-0.2, 0) is 4.74 Å². The van der Waals surface area contributed by atoms with Gasteiger partial charge in [0.25, 0.3) is 0 Å². The van der Waals surface area contributed by atoms with E-state index in [0.29, 0.717) is 23.7 Å². The summed E-state index contributed by atoms with van der Waals surface area (Å²) in [5.41, 5.74) is 0.453. The molecular formula is C11H10O4. The van der Waals surface area contributed by atoms with Gasteiger partial charge in [-0.2, -0.15) is 0 Å². The van der Waals surface area contributed by atoms with E-state index in [2.05, 4.69) is 0 Å². The minimum Gasteiger partial charge on any atom is -0.462 e. The van der Waals surface area contributed by atoms with E-state index >= 15 is 0 Å². The quantitative estimate of drug-likeness (QED) is 0.695. The van der Waals surface area contributed by atoms with Gasteiger partial charge in [-0.3, -0.25) is 0 Å². The second kappa shape index (κ2) is 4.04. The van der Waals surface area contributed by atoms with Crippen molar-refractivity contribution in [1.82, 2.24) is 0 Å². The van der Waals surface area contributed by atoms with Gasteiger partial charge < -0.3 is 14.2 Å². The number of ether oxygens (including phenoxy) is 3. The summed E-state index contributed by atoms with van der Waals surface area (Å²) in [7, 11) is 0. The molecule has 4 heteroatoms. The van der Waals surface area contributed by atoms with Crippen LogP contribution in [0, 0.1) is 0 Å². The highest BCUT2D eigenvalue weighted by Crippen LogP contribution is 2.31. The first-order valence-corrected chi connectivity index (χ1v) is 4.61. The Bertz CT molecular complexity index is 409. The van der Waals surface area contributed by atoms with Crippen molar-refractivity contribution in [3.63, 3.8) is 0 Å². The fraction of sp³-hybridized carbons (Fsp3) is 0.182. The van der Waals surface area contributed by atoms with Crippen molar-refractivity contribution in [3.8, 4) is 11.5 Å². The third-order valence-electron chi connectivity index (χ3n) is 1.90. The molecule has 78 valence electrons. The average Bonchev–Trinajstić information content (AvgIpc) is 2.29. The standard InChI is InChI=1S/C11H10O4/c1-2-13-11(12)8-3-4-9-10(7-8)15-6-5-14-9/h3-7H,2H2,1H3. The van der Waals surface area contributed by atoms with Gasteiger partial charge in [0.05, 0.1) is 12.2 Å². The number of fused-ring (bicyclic) bond motifs is 1. The van der Waals surface area contributed by atoms with Crippen LogP contribution in [0.25, 0.3) is 0 Å². The molecule has 1 aromatic carbocycles. The van der Waals surface area contributed by atoms with Gasteiger partial charge in [-0.05, 0) is 25.1 Å². The first-order valence-electron chi connectivity index (χ1n) is 4.61. The molecule has 0 spiro atoms. The van der Waals surface area contributed by atoms with Gasteiger partial charge in [0.1, 0.15) is 12.5 Å². The summed E-state index contributed by atoms with van der Waals surface area (Å²) in [6, 6.07) is 4.90. The van der Waals surface area contributed by atoms with Gasteiger partial charge in [0, 0.05) is 0 Å². The lowest BCUT2D eigenvalue weighted by Crippen LogP contribution is -2.05. The van der Waals surface area contributed by atoms with Crippen LogP contribution in [0.4, 0.5) is 0 Å². The molecule has 0 aliphatic carbocycles. The Morgan fingerprint density at radius 3 is 2.73 bits per heavy atom. The van der Waals surface area contributed by atoms with E-state index in [-0.39, 0.29) is 5.97 Å². The van der Waals surface area contributed by atoms with E-state index in [1.165, 1.54) is 12.5 Å². The number of carbonyl (C=O) groups is 1. The topological polar surface area (TPSA) is 44.8 Å². The monoisotopic (exact) mass is 206 g/mol. The summed E-state index contributed by atoms with van der Waals surface area (Å²) in [5.74, 6) is 0.743. The van der Waals surface area contributed by atoms with Crippen molar-refractivity contribution >= 4 is 5.97 Å². The predicted octanol–water partition coefficient (Wildman–Crippen LogP) is 2.11. The Morgan fingerprint density at radius 2 is 2.00 bits per heavy atom. The molecule has 1 heterocycles.